The lowest BCUT2D eigenvalue weighted by molar-refractivity contribution is 0.959. The van der Waals surface area contributed by atoms with E-state index < -0.39 is 0 Å². The van der Waals surface area contributed by atoms with Crippen LogP contribution in [0.3, 0.4) is 0 Å². The average molecular weight is 1120 g/mol. The Hall–Kier alpha value is -11.9. The summed E-state index contributed by atoms with van der Waals surface area (Å²) in [5.74, 6) is 1.51. The maximum Gasteiger partial charge on any atom is 0.165 e. The van der Waals surface area contributed by atoms with Gasteiger partial charge in [-0.1, -0.05) is 224 Å². The predicted octanol–water partition coefficient (Wildman–Crippen LogP) is 21.2. The lowest BCUT2D eigenvalue weighted by atomic mass is 10.0. The summed E-state index contributed by atoms with van der Waals surface area (Å²) >= 11 is 0. The van der Waals surface area contributed by atoms with Crippen LogP contribution in [0.15, 0.2) is 316 Å². The third-order valence-electron chi connectivity index (χ3n) is 18.0. The molecule has 0 aliphatic carbocycles. The third-order valence-corrected chi connectivity index (χ3v) is 18.0. The highest BCUT2D eigenvalue weighted by Gasteiger charge is 2.33. The second-order valence-electron chi connectivity index (χ2n) is 22.8. The Bertz CT molecular complexity index is 5140. The van der Waals surface area contributed by atoms with Gasteiger partial charge in [0.2, 0.25) is 0 Å². The molecule has 6 heterocycles. The fourth-order valence-electron chi connectivity index (χ4n) is 14.1. The molecule has 6 nitrogen and oxygen atoms in total. The standard InChI is InChI=1S/C82H52N6/c1-5-23-53(24-6-1)57-40-44-74-65(49-57)66-50-58(54-25-7-2-8-26-54)41-45-75(66)87(74)81-79(85-70-36-17-13-31-61(70)62-32-14-18-37-71(62)85)78(69-35-21-22-48-83-69)80(86-72-38-19-15-33-63(72)64-34-16-20-39-73(64)86)82(84-81)88-76-46-42-59(55-27-9-3-10-28-55)51-67(76)68-52-60(43-47-77(68)88)56-29-11-4-12-30-56/h1-52H. The van der Waals surface area contributed by atoms with Crippen molar-refractivity contribution in [1.29, 1.82) is 0 Å². The maximum atomic E-state index is 6.56. The maximum absolute atomic E-state index is 6.56. The van der Waals surface area contributed by atoms with Crippen LogP contribution in [0.4, 0.5) is 0 Å². The van der Waals surface area contributed by atoms with E-state index in [1.807, 2.05) is 12.3 Å². The summed E-state index contributed by atoms with van der Waals surface area (Å²) in [6.45, 7) is 0. The van der Waals surface area contributed by atoms with Gasteiger partial charge in [0, 0.05) is 49.3 Å². The highest BCUT2D eigenvalue weighted by Crippen LogP contribution is 2.49. The summed E-state index contributed by atoms with van der Waals surface area (Å²) in [5, 5.41) is 9.06. The molecule has 88 heavy (non-hydrogen) atoms. The quantitative estimate of drug-likeness (QED) is 0.145. The normalized spacial score (nSPS) is 11.9. The first-order valence-corrected chi connectivity index (χ1v) is 30.1. The van der Waals surface area contributed by atoms with Crippen molar-refractivity contribution in [2.24, 2.45) is 0 Å². The zero-order chi connectivity index (χ0) is 57.8. The van der Waals surface area contributed by atoms with Crippen LogP contribution >= 0.6 is 0 Å². The van der Waals surface area contributed by atoms with Gasteiger partial charge in [0.1, 0.15) is 11.4 Å². The van der Waals surface area contributed by atoms with Crippen molar-refractivity contribution < 1.29 is 0 Å². The van der Waals surface area contributed by atoms with Gasteiger partial charge in [-0.15, -0.1) is 0 Å². The first-order chi connectivity index (χ1) is 43.7. The lowest BCUT2D eigenvalue weighted by Crippen LogP contribution is -2.16. The topological polar surface area (TPSA) is 45.5 Å². The Morgan fingerprint density at radius 2 is 0.477 bits per heavy atom. The van der Waals surface area contributed by atoms with E-state index in [9.17, 15) is 0 Å². The van der Waals surface area contributed by atoms with Gasteiger partial charge in [-0.2, -0.15) is 0 Å². The molecule has 0 amide bonds. The zero-order valence-corrected chi connectivity index (χ0v) is 47.7. The molecule has 0 saturated carbocycles. The number of aromatic nitrogens is 6. The van der Waals surface area contributed by atoms with Crippen molar-refractivity contribution in [2.45, 2.75) is 0 Å². The van der Waals surface area contributed by atoms with E-state index in [4.69, 9.17) is 9.97 Å². The van der Waals surface area contributed by atoms with Crippen LogP contribution < -0.4 is 0 Å². The van der Waals surface area contributed by atoms with Gasteiger partial charge in [-0.3, -0.25) is 14.1 Å². The minimum absolute atomic E-state index is 0.753. The Balaban J connectivity index is 1.09. The molecule has 0 unspecified atom stereocenters. The summed E-state index contributed by atoms with van der Waals surface area (Å²) in [7, 11) is 0. The Kier molecular flexibility index (Phi) is 11.2. The molecule has 410 valence electrons. The molecule has 0 atom stereocenters. The first-order valence-electron chi connectivity index (χ1n) is 30.1. The van der Waals surface area contributed by atoms with Gasteiger partial charge >= 0.3 is 0 Å². The van der Waals surface area contributed by atoms with Crippen LogP contribution in [0.5, 0.6) is 0 Å². The molecule has 0 radical (unpaired) electrons. The van der Waals surface area contributed by atoms with Gasteiger partial charge in [0.25, 0.3) is 0 Å². The Morgan fingerprint density at radius 1 is 0.205 bits per heavy atom. The van der Waals surface area contributed by atoms with Crippen LogP contribution in [0.1, 0.15) is 0 Å². The number of benzene rings is 12. The molecule has 6 heteroatoms. The molecule has 0 aliphatic rings. The van der Waals surface area contributed by atoms with Gasteiger partial charge in [0.05, 0.1) is 55.4 Å². The molecule has 0 bridgehead atoms. The number of fused-ring (bicyclic) bond motifs is 12. The van der Waals surface area contributed by atoms with Crippen LogP contribution in [0.2, 0.25) is 0 Å². The molecule has 12 aromatic carbocycles. The molecule has 0 aliphatic heterocycles. The van der Waals surface area contributed by atoms with E-state index in [-0.39, 0.29) is 0 Å². The first kappa shape index (κ1) is 49.6. The highest BCUT2D eigenvalue weighted by molar-refractivity contribution is 6.17. The number of para-hydroxylation sites is 4. The number of hydrogen-bond donors (Lipinski definition) is 0. The van der Waals surface area contributed by atoms with Gasteiger partial charge in [-0.25, -0.2) is 4.98 Å². The highest BCUT2D eigenvalue weighted by atomic mass is 15.2. The molecule has 0 spiro atoms. The Morgan fingerprint density at radius 3 is 0.773 bits per heavy atom. The average Bonchev–Trinajstić information content (AvgIpc) is 1.51. The van der Waals surface area contributed by atoms with E-state index in [2.05, 4.69) is 322 Å². The third kappa shape index (κ3) is 7.62. The van der Waals surface area contributed by atoms with Crippen molar-refractivity contribution >= 4 is 87.2 Å². The predicted molar refractivity (Wildman–Crippen MR) is 367 cm³/mol. The zero-order valence-electron chi connectivity index (χ0n) is 47.7. The minimum Gasteiger partial charge on any atom is -0.305 e. The summed E-state index contributed by atoms with van der Waals surface area (Å²) in [6.07, 6.45) is 1.94. The molecule has 18 aromatic rings. The summed E-state index contributed by atoms with van der Waals surface area (Å²) in [5.41, 5.74) is 21.0. The largest absolute Gasteiger partial charge is 0.305 e. The molecule has 18 rings (SSSR count). The SMILES string of the molecule is c1ccc(-c2ccc3c(c2)c2cc(-c4ccccc4)ccc2n3-c2nc(-n3c4ccc(-c5ccccc5)cc4c4cc(-c5ccccc5)ccc43)c(-n3c4ccccc4c4ccccc43)c(-c3ccccn3)c2-n2c3ccccc3c3ccccc32)cc1. The monoisotopic (exact) mass is 1120 g/mol. The summed E-state index contributed by atoms with van der Waals surface area (Å²) in [4.78, 5) is 12.1. The van der Waals surface area contributed by atoms with E-state index in [0.717, 1.165) is 166 Å². The van der Waals surface area contributed by atoms with E-state index in [1.165, 1.54) is 0 Å². The van der Waals surface area contributed by atoms with E-state index >= 15 is 0 Å². The van der Waals surface area contributed by atoms with E-state index in [1.54, 1.807) is 0 Å². The number of nitrogens with zero attached hydrogens (tertiary/aromatic N) is 6. The van der Waals surface area contributed by atoms with Gasteiger partial charge in [0.15, 0.2) is 11.6 Å². The van der Waals surface area contributed by atoms with Crippen molar-refractivity contribution in [1.82, 2.24) is 28.2 Å². The summed E-state index contributed by atoms with van der Waals surface area (Å²) < 4.78 is 9.87. The number of rotatable bonds is 9. The van der Waals surface area contributed by atoms with Crippen LogP contribution in [0.25, 0.3) is 166 Å². The van der Waals surface area contributed by atoms with Crippen LogP contribution in [-0.2, 0) is 0 Å². The van der Waals surface area contributed by atoms with Crippen molar-refractivity contribution in [3.8, 4) is 78.8 Å². The lowest BCUT2D eigenvalue weighted by Gasteiger charge is -2.26. The van der Waals surface area contributed by atoms with Gasteiger partial charge < -0.3 is 9.13 Å². The molecule has 6 aromatic heterocycles. The fraction of sp³-hybridized carbons (Fsp3) is 0. The molecule has 0 N–H and O–H groups in total. The summed E-state index contributed by atoms with van der Waals surface area (Å²) in [6, 6.07) is 113. The molecule has 0 fully saturated rings. The Labute approximate surface area is 507 Å². The van der Waals surface area contributed by atoms with E-state index in [0.29, 0.717) is 0 Å². The van der Waals surface area contributed by atoms with Gasteiger partial charge in [-0.05, 0) is 129 Å². The smallest absolute Gasteiger partial charge is 0.165 e. The number of hydrogen-bond acceptors (Lipinski definition) is 2. The second kappa shape index (κ2) is 19.9. The number of pyridine rings is 2. The fourth-order valence-corrected chi connectivity index (χ4v) is 14.1. The molecular formula is C82H52N6. The van der Waals surface area contributed by atoms with Crippen molar-refractivity contribution in [3.05, 3.63) is 316 Å². The van der Waals surface area contributed by atoms with Crippen molar-refractivity contribution in [3.63, 3.8) is 0 Å². The van der Waals surface area contributed by atoms with Crippen molar-refractivity contribution in [2.75, 3.05) is 0 Å². The van der Waals surface area contributed by atoms with Crippen LogP contribution in [-0.4, -0.2) is 28.2 Å². The van der Waals surface area contributed by atoms with Crippen LogP contribution in [0, 0.1) is 0 Å². The second-order valence-corrected chi connectivity index (χ2v) is 22.8. The minimum atomic E-state index is 0.753. The molecular weight excluding hydrogens is 1070 g/mol. The molecule has 0 saturated heterocycles.